The highest BCUT2D eigenvalue weighted by Gasteiger charge is 2.49. The highest BCUT2D eigenvalue weighted by Crippen LogP contribution is 2.51. The normalized spacial score (nSPS) is 40.8. The maximum absolute atomic E-state index is 12.2. The second-order valence-electron chi connectivity index (χ2n) is 6.90. The lowest BCUT2D eigenvalue weighted by molar-refractivity contribution is -0.142. The molecule has 1 heterocycles. The minimum atomic E-state index is -0.0292. The molecule has 1 aliphatic heterocycles. The van der Waals surface area contributed by atoms with Crippen molar-refractivity contribution < 1.29 is 9.53 Å². The van der Waals surface area contributed by atoms with Crippen molar-refractivity contribution >= 4 is 5.97 Å². The summed E-state index contributed by atoms with van der Waals surface area (Å²) in [6.45, 7) is 8.78. The third-order valence-electron chi connectivity index (χ3n) is 5.14. The summed E-state index contributed by atoms with van der Waals surface area (Å²) >= 11 is 0. The van der Waals surface area contributed by atoms with Crippen molar-refractivity contribution in [2.45, 2.75) is 53.1 Å². The lowest BCUT2D eigenvalue weighted by Crippen LogP contribution is -2.37. The summed E-state index contributed by atoms with van der Waals surface area (Å²) in [7, 11) is 0. The van der Waals surface area contributed by atoms with Crippen LogP contribution in [0.1, 0.15) is 47.0 Å². The number of esters is 1. The maximum Gasteiger partial charge on any atom is 0.335 e. The number of rotatable bonds is 1. The van der Waals surface area contributed by atoms with Crippen LogP contribution < -0.4 is 0 Å². The van der Waals surface area contributed by atoms with Gasteiger partial charge in [-0.3, -0.25) is 0 Å². The molecular weight excluding hydrogens is 236 g/mol. The molecule has 2 heteroatoms. The third kappa shape index (κ3) is 1.96. The van der Waals surface area contributed by atoms with Gasteiger partial charge in [0.2, 0.25) is 0 Å². The summed E-state index contributed by atoms with van der Waals surface area (Å²) in [5.74, 6) is 2.01. The molecule has 0 bridgehead atoms. The smallest absolute Gasteiger partial charge is 0.335 e. The van der Waals surface area contributed by atoms with Gasteiger partial charge in [0, 0.05) is 11.5 Å². The number of hydrogen-bond acceptors (Lipinski definition) is 2. The van der Waals surface area contributed by atoms with E-state index in [1.807, 2.05) is 0 Å². The first-order valence-corrected chi connectivity index (χ1v) is 7.59. The third-order valence-corrected chi connectivity index (χ3v) is 5.14. The summed E-state index contributed by atoms with van der Waals surface area (Å²) in [4.78, 5) is 12.2. The number of hydrogen-bond donors (Lipinski definition) is 0. The van der Waals surface area contributed by atoms with Crippen LogP contribution in [0.15, 0.2) is 22.8 Å². The van der Waals surface area contributed by atoms with Crippen molar-refractivity contribution in [3.05, 3.63) is 22.8 Å². The Balaban J connectivity index is 2.04. The molecule has 3 rings (SSSR count). The topological polar surface area (TPSA) is 26.3 Å². The molecule has 0 aromatic rings. The highest BCUT2D eigenvalue weighted by molar-refractivity contribution is 5.93. The highest BCUT2D eigenvalue weighted by atomic mass is 16.5. The van der Waals surface area contributed by atoms with Crippen molar-refractivity contribution in [1.29, 1.82) is 0 Å². The van der Waals surface area contributed by atoms with Gasteiger partial charge in [0.15, 0.2) is 0 Å². The van der Waals surface area contributed by atoms with E-state index in [0.717, 1.165) is 18.4 Å². The zero-order valence-corrected chi connectivity index (χ0v) is 12.4. The zero-order valence-electron chi connectivity index (χ0n) is 12.4. The molecule has 0 radical (unpaired) electrons. The number of carbonyl (C=O) groups is 1. The van der Waals surface area contributed by atoms with Crippen LogP contribution in [-0.2, 0) is 9.53 Å². The molecule has 0 spiro atoms. The molecule has 104 valence electrons. The molecule has 3 aliphatic rings. The van der Waals surface area contributed by atoms with Crippen LogP contribution in [0.3, 0.4) is 0 Å². The van der Waals surface area contributed by atoms with Gasteiger partial charge in [0.1, 0.15) is 6.10 Å². The van der Waals surface area contributed by atoms with Gasteiger partial charge in [-0.1, -0.05) is 25.5 Å². The molecule has 5 unspecified atom stereocenters. The van der Waals surface area contributed by atoms with E-state index in [0.29, 0.717) is 23.7 Å². The fraction of sp³-hybridized carbons (Fsp3) is 0.706. The number of allylic oxidation sites excluding steroid dienone is 1. The predicted octanol–water partition coefficient (Wildman–Crippen LogP) is 3.88. The van der Waals surface area contributed by atoms with E-state index in [-0.39, 0.29) is 12.1 Å². The molecule has 19 heavy (non-hydrogen) atoms. The van der Waals surface area contributed by atoms with Gasteiger partial charge in [0.05, 0.1) is 0 Å². The van der Waals surface area contributed by atoms with Crippen molar-refractivity contribution in [1.82, 2.24) is 0 Å². The molecular formula is C17H24O2. The minimum Gasteiger partial charge on any atom is -0.454 e. The Kier molecular flexibility index (Phi) is 3.07. The number of carbonyl (C=O) groups excluding carboxylic acids is 1. The summed E-state index contributed by atoms with van der Waals surface area (Å²) in [5, 5.41) is 0. The first-order chi connectivity index (χ1) is 8.99. The lowest BCUT2D eigenvalue weighted by atomic mass is 9.63. The summed E-state index contributed by atoms with van der Waals surface area (Å²) in [5.41, 5.74) is 3.72. The summed E-state index contributed by atoms with van der Waals surface area (Å²) in [6.07, 6.45) is 5.87. The Morgan fingerprint density at radius 2 is 2.00 bits per heavy atom. The van der Waals surface area contributed by atoms with Gasteiger partial charge in [0.25, 0.3) is 0 Å². The van der Waals surface area contributed by atoms with E-state index in [4.69, 9.17) is 4.74 Å². The van der Waals surface area contributed by atoms with Crippen molar-refractivity contribution in [2.75, 3.05) is 0 Å². The quantitative estimate of drug-likeness (QED) is 0.528. The van der Waals surface area contributed by atoms with Crippen molar-refractivity contribution in [2.24, 2.45) is 23.7 Å². The summed E-state index contributed by atoms with van der Waals surface area (Å²) < 4.78 is 5.75. The monoisotopic (exact) mass is 260 g/mol. The Morgan fingerprint density at radius 1 is 1.26 bits per heavy atom. The average molecular weight is 260 g/mol. The van der Waals surface area contributed by atoms with Gasteiger partial charge < -0.3 is 4.74 Å². The predicted molar refractivity (Wildman–Crippen MR) is 75.5 cm³/mol. The van der Waals surface area contributed by atoms with E-state index >= 15 is 0 Å². The van der Waals surface area contributed by atoms with Gasteiger partial charge in [-0.05, 0) is 56.4 Å². The molecule has 0 amide bonds. The molecule has 5 atom stereocenters. The minimum absolute atomic E-state index is 0.0292. The van der Waals surface area contributed by atoms with Crippen LogP contribution in [0.5, 0.6) is 0 Å². The Morgan fingerprint density at radius 3 is 2.68 bits per heavy atom. The van der Waals surface area contributed by atoms with Crippen LogP contribution in [-0.4, -0.2) is 12.1 Å². The molecule has 0 aromatic carbocycles. The van der Waals surface area contributed by atoms with Crippen molar-refractivity contribution in [3.63, 3.8) is 0 Å². The lowest BCUT2D eigenvalue weighted by Gasteiger charge is -2.41. The second-order valence-corrected chi connectivity index (χ2v) is 6.90. The maximum atomic E-state index is 12.2. The van der Waals surface area contributed by atoms with Crippen LogP contribution >= 0.6 is 0 Å². The second kappa shape index (κ2) is 4.50. The summed E-state index contributed by atoms with van der Waals surface area (Å²) in [6, 6.07) is 0. The fourth-order valence-electron chi connectivity index (χ4n) is 4.35. The Bertz CT molecular complexity index is 468. The molecule has 0 saturated heterocycles. The SMILES string of the molecule is CC(C)=CC1CC(C)C2CCC(C)C3=C2C1OC3=O. The molecule has 2 aliphatic carbocycles. The van der Waals surface area contributed by atoms with Crippen molar-refractivity contribution in [3.8, 4) is 0 Å². The van der Waals surface area contributed by atoms with Crippen LogP contribution in [0.25, 0.3) is 0 Å². The average Bonchev–Trinajstić information content (AvgIpc) is 2.66. The van der Waals surface area contributed by atoms with Crippen LogP contribution in [0.4, 0.5) is 0 Å². The molecule has 2 nitrogen and oxygen atoms in total. The van der Waals surface area contributed by atoms with Crippen LogP contribution in [0, 0.1) is 23.7 Å². The van der Waals surface area contributed by atoms with E-state index < -0.39 is 0 Å². The zero-order chi connectivity index (χ0) is 13.7. The standard InChI is InChI=1S/C17H24O2/c1-9(2)7-12-8-11(4)13-6-5-10(3)14-15(13)16(12)19-17(14)18/h7,10-13,16H,5-6,8H2,1-4H3. The van der Waals surface area contributed by atoms with Gasteiger partial charge in [-0.25, -0.2) is 4.79 Å². The fourth-order valence-corrected chi connectivity index (χ4v) is 4.35. The van der Waals surface area contributed by atoms with E-state index in [1.54, 1.807) is 0 Å². The number of ether oxygens (including phenoxy) is 1. The first-order valence-electron chi connectivity index (χ1n) is 7.59. The van der Waals surface area contributed by atoms with Crippen LogP contribution in [0.2, 0.25) is 0 Å². The van der Waals surface area contributed by atoms with E-state index in [1.165, 1.54) is 17.6 Å². The Hall–Kier alpha value is -1.05. The first kappa shape index (κ1) is 13.0. The largest absolute Gasteiger partial charge is 0.454 e. The van der Waals surface area contributed by atoms with Gasteiger partial charge >= 0.3 is 5.97 Å². The van der Waals surface area contributed by atoms with Gasteiger partial charge in [-0.15, -0.1) is 0 Å². The molecule has 0 aromatic heterocycles. The van der Waals surface area contributed by atoms with E-state index in [9.17, 15) is 4.79 Å². The molecule has 0 N–H and O–H groups in total. The Labute approximate surface area is 115 Å². The molecule has 1 saturated carbocycles. The molecule has 1 fully saturated rings. The van der Waals surface area contributed by atoms with E-state index in [2.05, 4.69) is 33.8 Å². The van der Waals surface area contributed by atoms with Gasteiger partial charge in [-0.2, -0.15) is 0 Å².